The molecule has 0 aliphatic carbocycles. The number of hydrogen-bond donors (Lipinski definition) is 0. The highest BCUT2D eigenvalue weighted by Gasteiger charge is 2.31. The van der Waals surface area contributed by atoms with Crippen molar-refractivity contribution < 1.29 is 0 Å². The van der Waals surface area contributed by atoms with Gasteiger partial charge in [-0.25, -0.2) is 0 Å². The van der Waals surface area contributed by atoms with E-state index >= 15 is 0 Å². The van der Waals surface area contributed by atoms with Gasteiger partial charge in [-0.1, -0.05) is 25.8 Å². The summed E-state index contributed by atoms with van der Waals surface area (Å²) in [6.07, 6.45) is 4.46. The van der Waals surface area contributed by atoms with Gasteiger partial charge < -0.3 is 4.57 Å². The van der Waals surface area contributed by atoms with Gasteiger partial charge in [-0.15, -0.1) is 0 Å². The van der Waals surface area contributed by atoms with Gasteiger partial charge in [0.2, 0.25) is 0 Å². The summed E-state index contributed by atoms with van der Waals surface area (Å²) in [5, 5.41) is 0. The van der Waals surface area contributed by atoms with Crippen molar-refractivity contribution in [2.75, 3.05) is 14.1 Å². The molecule has 0 bridgehead atoms. The SMILES string of the molecule is CN(C)[Si]1(C)CCCCC1. The van der Waals surface area contributed by atoms with Crippen LogP contribution in [0.5, 0.6) is 0 Å². The van der Waals surface area contributed by atoms with Crippen molar-refractivity contribution >= 4 is 8.24 Å². The largest absolute Gasteiger partial charge is 0.329 e. The van der Waals surface area contributed by atoms with Gasteiger partial charge in [0, 0.05) is 0 Å². The summed E-state index contributed by atoms with van der Waals surface area (Å²) in [6, 6.07) is 3.06. The lowest BCUT2D eigenvalue weighted by atomic mass is 10.3. The second-order valence-corrected chi connectivity index (χ2v) is 8.84. The molecule has 1 aliphatic rings. The first-order valence-electron chi connectivity index (χ1n) is 4.33. The molecule has 1 saturated heterocycles. The molecule has 1 heterocycles. The van der Waals surface area contributed by atoms with Crippen molar-refractivity contribution in [3.63, 3.8) is 0 Å². The molecule has 60 valence electrons. The number of rotatable bonds is 1. The molecule has 0 amide bonds. The molecule has 0 N–H and O–H groups in total. The lowest BCUT2D eigenvalue weighted by molar-refractivity contribution is 0.565. The first-order chi connectivity index (χ1) is 4.65. The Morgan fingerprint density at radius 2 is 1.50 bits per heavy atom. The quantitative estimate of drug-likeness (QED) is 0.528. The fraction of sp³-hybridized carbons (Fsp3) is 1.00. The maximum atomic E-state index is 2.52. The van der Waals surface area contributed by atoms with E-state index < -0.39 is 8.24 Å². The Balaban J connectivity index is 2.48. The first kappa shape index (κ1) is 8.28. The Bertz CT molecular complexity index is 106. The molecule has 0 atom stereocenters. The minimum atomic E-state index is -0.881. The predicted octanol–water partition coefficient (Wildman–Crippen LogP) is 2.31. The summed E-state index contributed by atoms with van der Waals surface area (Å²) in [4.78, 5) is 0. The molecular weight excluding hydrogens is 138 g/mol. The molecule has 2 heteroatoms. The van der Waals surface area contributed by atoms with Crippen LogP contribution in [0.3, 0.4) is 0 Å². The molecule has 0 aromatic heterocycles. The highest BCUT2D eigenvalue weighted by Crippen LogP contribution is 2.29. The maximum Gasteiger partial charge on any atom is 0.124 e. The van der Waals surface area contributed by atoms with E-state index in [1.807, 2.05) is 0 Å². The molecule has 10 heavy (non-hydrogen) atoms. The average molecular weight is 157 g/mol. The Morgan fingerprint density at radius 1 is 1.00 bits per heavy atom. The van der Waals surface area contributed by atoms with Gasteiger partial charge in [0.15, 0.2) is 0 Å². The Hall–Kier alpha value is 0.177. The van der Waals surface area contributed by atoms with E-state index in [4.69, 9.17) is 0 Å². The van der Waals surface area contributed by atoms with E-state index in [1.54, 1.807) is 0 Å². The van der Waals surface area contributed by atoms with E-state index in [9.17, 15) is 0 Å². The molecule has 1 rings (SSSR count). The van der Waals surface area contributed by atoms with Crippen LogP contribution in [0.2, 0.25) is 18.6 Å². The fourth-order valence-electron chi connectivity index (χ4n) is 1.76. The highest BCUT2D eigenvalue weighted by molar-refractivity contribution is 6.76. The third-order valence-corrected chi connectivity index (χ3v) is 8.03. The van der Waals surface area contributed by atoms with Gasteiger partial charge in [-0.05, 0) is 26.2 Å². The summed E-state index contributed by atoms with van der Waals surface area (Å²) in [5.41, 5.74) is 0. The molecule has 1 fully saturated rings. The zero-order valence-electron chi connectivity index (χ0n) is 7.48. The van der Waals surface area contributed by atoms with Crippen molar-refractivity contribution in [3.05, 3.63) is 0 Å². The van der Waals surface area contributed by atoms with Crippen LogP contribution in [-0.4, -0.2) is 26.9 Å². The van der Waals surface area contributed by atoms with Gasteiger partial charge in [-0.2, -0.15) is 0 Å². The van der Waals surface area contributed by atoms with Crippen LogP contribution in [0.15, 0.2) is 0 Å². The van der Waals surface area contributed by atoms with Crippen molar-refractivity contribution in [2.45, 2.75) is 37.9 Å². The molecule has 0 unspecified atom stereocenters. The average Bonchev–Trinajstić information content (AvgIpc) is 1.89. The van der Waals surface area contributed by atoms with Crippen LogP contribution in [0.4, 0.5) is 0 Å². The zero-order valence-corrected chi connectivity index (χ0v) is 8.48. The predicted molar refractivity (Wildman–Crippen MR) is 48.8 cm³/mol. The fourth-order valence-corrected chi connectivity index (χ4v) is 4.93. The smallest absolute Gasteiger partial charge is 0.124 e. The first-order valence-corrected chi connectivity index (χ1v) is 7.19. The molecule has 1 aliphatic heterocycles. The van der Waals surface area contributed by atoms with Gasteiger partial charge in [-0.3, -0.25) is 0 Å². The monoisotopic (exact) mass is 157 g/mol. The standard InChI is InChI=1S/C8H19NSi/c1-9(2)10(3)7-5-4-6-8-10/h4-8H2,1-3H3. The maximum absolute atomic E-state index is 2.52. The van der Waals surface area contributed by atoms with Gasteiger partial charge in [0.05, 0.1) is 0 Å². The second-order valence-electron chi connectivity index (χ2n) is 3.95. The number of hydrogen-bond acceptors (Lipinski definition) is 1. The van der Waals surface area contributed by atoms with Crippen molar-refractivity contribution in [1.82, 2.24) is 4.57 Å². The molecule has 1 nitrogen and oxygen atoms in total. The van der Waals surface area contributed by atoms with Crippen LogP contribution in [-0.2, 0) is 0 Å². The lowest BCUT2D eigenvalue weighted by Crippen LogP contribution is -2.47. The minimum absolute atomic E-state index is 0.881. The van der Waals surface area contributed by atoms with Crippen molar-refractivity contribution in [1.29, 1.82) is 0 Å². The summed E-state index contributed by atoms with van der Waals surface area (Å²) < 4.78 is 2.52. The Kier molecular flexibility index (Phi) is 2.53. The van der Waals surface area contributed by atoms with Crippen LogP contribution in [0.1, 0.15) is 19.3 Å². The Morgan fingerprint density at radius 3 is 1.80 bits per heavy atom. The minimum Gasteiger partial charge on any atom is -0.329 e. The van der Waals surface area contributed by atoms with Gasteiger partial charge in [0.1, 0.15) is 8.24 Å². The zero-order chi connectivity index (χ0) is 7.61. The second kappa shape index (κ2) is 3.05. The lowest BCUT2D eigenvalue weighted by Gasteiger charge is -2.37. The molecule has 0 aromatic rings. The molecule has 0 saturated carbocycles. The molecule has 0 spiro atoms. The van der Waals surface area contributed by atoms with E-state index in [0.29, 0.717) is 0 Å². The number of nitrogens with zero attached hydrogens (tertiary/aromatic N) is 1. The van der Waals surface area contributed by atoms with Crippen molar-refractivity contribution in [2.24, 2.45) is 0 Å². The van der Waals surface area contributed by atoms with Crippen LogP contribution in [0.25, 0.3) is 0 Å². The van der Waals surface area contributed by atoms with Crippen LogP contribution in [0, 0.1) is 0 Å². The van der Waals surface area contributed by atoms with E-state index in [-0.39, 0.29) is 0 Å². The summed E-state index contributed by atoms with van der Waals surface area (Å²) >= 11 is 0. The summed E-state index contributed by atoms with van der Waals surface area (Å²) in [7, 11) is 3.64. The van der Waals surface area contributed by atoms with Crippen LogP contribution >= 0.6 is 0 Å². The van der Waals surface area contributed by atoms with Gasteiger partial charge in [0.25, 0.3) is 0 Å². The third kappa shape index (κ3) is 1.61. The summed E-state index contributed by atoms with van der Waals surface area (Å²) in [6.45, 7) is 2.52. The van der Waals surface area contributed by atoms with E-state index in [0.717, 1.165) is 0 Å². The third-order valence-electron chi connectivity index (χ3n) is 3.01. The van der Waals surface area contributed by atoms with Gasteiger partial charge >= 0.3 is 0 Å². The Labute approximate surface area is 65.5 Å². The molecule has 0 radical (unpaired) electrons. The van der Waals surface area contributed by atoms with Crippen LogP contribution < -0.4 is 0 Å². The summed E-state index contributed by atoms with van der Waals surface area (Å²) in [5.74, 6) is 0. The van der Waals surface area contributed by atoms with E-state index in [1.165, 1.54) is 31.4 Å². The highest BCUT2D eigenvalue weighted by atomic mass is 28.3. The topological polar surface area (TPSA) is 3.24 Å². The van der Waals surface area contributed by atoms with E-state index in [2.05, 4.69) is 25.2 Å². The molecule has 0 aromatic carbocycles. The molecular formula is C8H19NSi. The normalized spacial score (nSPS) is 25.2. The van der Waals surface area contributed by atoms with Crippen molar-refractivity contribution in [3.8, 4) is 0 Å².